The highest BCUT2D eigenvalue weighted by Gasteiger charge is 2.36. The van der Waals surface area contributed by atoms with Crippen LogP contribution in [0.4, 0.5) is 9.18 Å². The van der Waals surface area contributed by atoms with Gasteiger partial charge in [0.2, 0.25) is 6.79 Å². The molecular weight excluding hydrogens is 641 g/mol. The van der Waals surface area contributed by atoms with Crippen LogP contribution in [-0.4, -0.2) is 22.8 Å². The van der Waals surface area contributed by atoms with Crippen LogP contribution in [0, 0.1) is 5.82 Å². The number of rotatable bonds is 6. The summed E-state index contributed by atoms with van der Waals surface area (Å²) in [5.74, 6) is 0.880. The van der Waals surface area contributed by atoms with E-state index in [1.165, 1.54) is 12.1 Å². The molecule has 0 bridgehead atoms. The topological polar surface area (TPSA) is 65.1 Å². The number of imide groups is 1. The fraction of sp³-hybridized carbons (Fsp3) is 0.120. The van der Waals surface area contributed by atoms with Gasteiger partial charge in [-0.2, -0.15) is 0 Å². The highest BCUT2D eigenvalue weighted by Crippen LogP contribution is 2.41. The zero-order chi connectivity index (χ0) is 25.4. The third-order valence-corrected chi connectivity index (χ3v) is 7.80. The van der Waals surface area contributed by atoms with Crippen LogP contribution in [0.25, 0.3) is 6.08 Å². The van der Waals surface area contributed by atoms with Crippen molar-refractivity contribution in [2.45, 2.75) is 13.2 Å². The number of benzene rings is 3. The zero-order valence-corrected chi connectivity index (χ0v) is 23.0. The highest BCUT2D eigenvalue weighted by molar-refractivity contribution is 9.11. The number of hydrogen-bond acceptors (Lipinski definition) is 6. The van der Waals surface area contributed by atoms with Crippen LogP contribution in [-0.2, 0) is 17.9 Å². The molecule has 2 amide bonds. The Bertz CT molecular complexity index is 1390. The van der Waals surface area contributed by atoms with Crippen LogP contribution in [0.1, 0.15) is 16.7 Å². The Morgan fingerprint density at radius 1 is 1.06 bits per heavy atom. The SMILES string of the molecule is O=C1S/C(=C/c2cc(Br)c(OCc3ccc(F)cc3)c(Br)c2)C(=O)N1Cc1cc2c(cc1Cl)OCO2. The van der Waals surface area contributed by atoms with Crippen LogP contribution >= 0.6 is 55.2 Å². The molecule has 0 atom stereocenters. The van der Waals surface area contributed by atoms with Gasteiger partial charge in [0.25, 0.3) is 11.1 Å². The lowest BCUT2D eigenvalue weighted by Gasteiger charge is -2.14. The molecule has 2 heterocycles. The van der Waals surface area contributed by atoms with E-state index in [1.807, 2.05) is 0 Å². The lowest BCUT2D eigenvalue weighted by molar-refractivity contribution is -0.123. The van der Waals surface area contributed by atoms with Gasteiger partial charge in [0.1, 0.15) is 18.2 Å². The smallest absolute Gasteiger partial charge is 0.293 e. The second-order valence-electron chi connectivity index (χ2n) is 7.79. The summed E-state index contributed by atoms with van der Waals surface area (Å²) in [6, 6.07) is 12.9. The van der Waals surface area contributed by atoms with E-state index < -0.39 is 11.1 Å². The van der Waals surface area contributed by atoms with Crippen molar-refractivity contribution in [1.29, 1.82) is 0 Å². The van der Waals surface area contributed by atoms with Gasteiger partial charge in [-0.3, -0.25) is 14.5 Å². The van der Waals surface area contributed by atoms with Gasteiger partial charge in [0, 0.05) is 11.1 Å². The number of ether oxygens (including phenoxy) is 3. The predicted octanol–water partition coefficient (Wildman–Crippen LogP) is 7.55. The third-order valence-electron chi connectivity index (χ3n) is 5.36. The Hall–Kier alpha value is -2.53. The molecule has 0 N–H and O–H groups in total. The van der Waals surface area contributed by atoms with E-state index >= 15 is 0 Å². The molecule has 36 heavy (non-hydrogen) atoms. The fourth-order valence-electron chi connectivity index (χ4n) is 3.58. The van der Waals surface area contributed by atoms with Gasteiger partial charge in [-0.25, -0.2) is 4.39 Å². The van der Waals surface area contributed by atoms with E-state index in [0.717, 1.165) is 22.2 Å². The Morgan fingerprint density at radius 3 is 2.42 bits per heavy atom. The second kappa shape index (κ2) is 10.5. The molecule has 0 spiro atoms. The minimum absolute atomic E-state index is 0.0149. The van der Waals surface area contributed by atoms with Crippen LogP contribution in [0.2, 0.25) is 5.02 Å². The summed E-state index contributed by atoms with van der Waals surface area (Å²) < 4.78 is 31.0. The van der Waals surface area contributed by atoms with Crippen LogP contribution in [0.5, 0.6) is 17.2 Å². The number of halogens is 4. The molecule has 2 aliphatic rings. The predicted molar refractivity (Wildman–Crippen MR) is 142 cm³/mol. The summed E-state index contributed by atoms with van der Waals surface area (Å²) in [6.07, 6.45) is 1.64. The average Bonchev–Trinajstić information content (AvgIpc) is 3.39. The van der Waals surface area contributed by atoms with Crippen molar-refractivity contribution in [3.63, 3.8) is 0 Å². The third kappa shape index (κ3) is 5.27. The number of carbonyl (C=O) groups excluding carboxylic acids is 2. The molecule has 3 aromatic rings. The minimum Gasteiger partial charge on any atom is -0.487 e. The summed E-state index contributed by atoms with van der Waals surface area (Å²) in [5.41, 5.74) is 2.09. The molecule has 0 aromatic heterocycles. The molecule has 11 heteroatoms. The lowest BCUT2D eigenvalue weighted by Crippen LogP contribution is -2.27. The molecule has 5 rings (SSSR count). The maximum atomic E-state index is 13.1. The van der Waals surface area contributed by atoms with Gasteiger partial charge in [0.05, 0.1) is 20.4 Å². The average molecular weight is 656 g/mol. The molecule has 6 nitrogen and oxygen atoms in total. The molecule has 3 aromatic carbocycles. The van der Waals surface area contributed by atoms with Crippen molar-refractivity contribution in [2.75, 3.05) is 6.79 Å². The van der Waals surface area contributed by atoms with E-state index in [4.69, 9.17) is 25.8 Å². The maximum Gasteiger partial charge on any atom is 0.293 e. The first-order chi connectivity index (χ1) is 17.3. The minimum atomic E-state index is -0.414. The number of nitrogens with zero attached hydrogens (tertiary/aromatic N) is 1. The molecule has 1 saturated heterocycles. The second-order valence-corrected chi connectivity index (χ2v) is 10.9. The van der Waals surface area contributed by atoms with Crippen molar-refractivity contribution in [2.24, 2.45) is 0 Å². The van der Waals surface area contributed by atoms with Gasteiger partial charge in [-0.1, -0.05) is 23.7 Å². The van der Waals surface area contributed by atoms with Crippen molar-refractivity contribution in [3.05, 3.63) is 89.9 Å². The van der Waals surface area contributed by atoms with E-state index in [0.29, 0.717) is 42.3 Å². The van der Waals surface area contributed by atoms with Crippen molar-refractivity contribution >= 4 is 72.4 Å². The first kappa shape index (κ1) is 25.1. The summed E-state index contributed by atoms with van der Waals surface area (Å²) in [5, 5.41) is -0.0104. The first-order valence-electron chi connectivity index (χ1n) is 10.5. The van der Waals surface area contributed by atoms with Crippen molar-refractivity contribution in [3.8, 4) is 17.2 Å². The van der Waals surface area contributed by atoms with E-state index in [-0.39, 0.29) is 30.7 Å². The lowest BCUT2D eigenvalue weighted by atomic mass is 10.1. The van der Waals surface area contributed by atoms with E-state index in [9.17, 15) is 14.0 Å². The molecule has 0 unspecified atom stereocenters. The molecule has 2 aliphatic heterocycles. The van der Waals surface area contributed by atoms with E-state index in [2.05, 4.69) is 31.9 Å². The molecule has 0 saturated carbocycles. The summed E-state index contributed by atoms with van der Waals surface area (Å²) in [6.45, 7) is 0.361. The van der Waals surface area contributed by atoms with Gasteiger partial charge in [-0.15, -0.1) is 0 Å². The normalized spacial score (nSPS) is 15.8. The largest absolute Gasteiger partial charge is 0.487 e. The molecular formula is C25H15Br2ClFNO5S. The fourth-order valence-corrected chi connectivity index (χ4v) is 6.08. The number of thioether (sulfide) groups is 1. The number of carbonyl (C=O) groups is 2. The highest BCUT2D eigenvalue weighted by atomic mass is 79.9. The number of amides is 2. The first-order valence-corrected chi connectivity index (χ1v) is 13.3. The molecule has 0 radical (unpaired) electrons. The molecule has 0 aliphatic carbocycles. The monoisotopic (exact) mass is 653 g/mol. The Morgan fingerprint density at radius 2 is 1.72 bits per heavy atom. The van der Waals surface area contributed by atoms with Gasteiger partial charge in [-0.05, 0) is 96.7 Å². The zero-order valence-electron chi connectivity index (χ0n) is 18.2. The molecule has 184 valence electrons. The van der Waals surface area contributed by atoms with Crippen LogP contribution in [0.3, 0.4) is 0 Å². The maximum absolute atomic E-state index is 13.1. The van der Waals surface area contributed by atoms with Crippen LogP contribution in [0.15, 0.2) is 62.4 Å². The summed E-state index contributed by atoms with van der Waals surface area (Å²) in [7, 11) is 0. The van der Waals surface area contributed by atoms with Crippen molar-refractivity contribution < 1.29 is 28.2 Å². The van der Waals surface area contributed by atoms with Gasteiger partial charge >= 0.3 is 0 Å². The van der Waals surface area contributed by atoms with Crippen molar-refractivity contribution in [1.82, 2.24) is 4.90 Å². The van der Waals surface area contributed by atoms with E-state index in [1.54, 1.807) is 42.5 Å². The van der Waals surface area contributed by atoms with Crippen LogP contribution < -0.4 is 14.2 Å². The Labute approximate surface area is 231 Å². The van der Waals surface area contributed by atoms with Gasteiger partial charge in [0.15, 0.2) is 11.5 Å². The number of fused-ring (bicyclic) bond motifs is 1. The standard InChI is InChI=1S/C25H15Br2ClFNO5S/c26-17-5-14(6-18(27)23(17)33-11-13-1-3-16(29)4-2-13)7-22-24(31)30(25(32)36-22)10-15-8-20-21(9-19(15)28)35-12-34-20/h1-9H,10-12H2/b22-7+. The quantitative estimate of drug-likeness (QED) is 0.256. The summed E-state index contributed by atoms with van der Waals surface area (Å²) in [4.78, 5) is 27.1. The summed E-state index contributed by atoms with van der Waals surface area (Å²) >= 11 is 14.2. The Kier molecular flexibility index (Phi) is 7.30. The molecule has 1 fully saturated rings. The van der Waals surface area contributed by atoms with Gasteiger partial charge < -0.3 is 14.2 Å². The Balaban J connectivity index is 1.32. The number of hydrogen-bond donors (Lipinski definition) is 0.